The molecule has 5 N–H and O–H groups in total. The number of epoxide rings is 1. The van der Waals surface area contributed by atoms with Crippen molar-refractivity contribution in [1.29, 1.82) is 0 Å². The Morgan fingerprint density at radius 3 is 0.851 bits per heavy atom. The fourth-order valence-corrected chi connectivity index (χ4v) is 37.3. The summed E-state index contributed by atoms with van der Waals surface area (Å²) in [6.45, 7) is 39.2. The second-order valence-electron chi connectivity index (χ2n) is 52.1. The molecule has 0 bridgehead atoms. The first kappa shape index (κ1) is 122. The predicted octanol–water partition coefficient (Wildman–Crippen LogP) is 26.6. The van der Waals surface area contributed by atoms with Crippen molar-refractivity contribution in [2.45, 2.75) is 477 Å². The second-order valence-corrected chi connectivity index (χ2v) is 52.1. The summed E-state index contributed by atoms with van der Waals surface area (Å²) in [4.78, 5) is 23.3. The van der Waals surface area contributed by atoms with E-state index in [9.17, 15) is 52.7 Å². The van der Waals surface area contributed by atoms with E-state index < -0.39 is 55.2 Å². The van der Waals surface area contributed by atoms with E-state index in [0.29, 0.717) is 142 Å². The van der Waals surface area contributed by atoms with E-state index in [1.165, 1.54) is 194 Å². The van der Waals surface area contributed by atoms with Crippen LogP contribution in [0.15, 0.2) is 0 Å². The summed E-state index contributed by atoms with van der Waals surface area (Å²) in [5.41, 5.74) is -0.701. The summed E-state index contributed by atoms with van der Waals surface area (Å²) < 4.78 is 76.6. The summed E-state index contributed by atoms with van der Waals surface area (Å²) in [5.74, 6) is 17.9. The van der Waals surface area contributed by atoms with Gasteiger partial charge in [0.25, 0.3) is 0 Å². The maximum absolute atomic E-state index is 13.5. The van der Waals surface area contributed by atoms with Gasteiger partial charge in [-0.1, -0.05) is 120 Å². The Bertz CT molecular complexity index is 3470. The van der Waals surface area contributed by atoms with E-state index in [1.807, 2.05) is 27.7 Å². The molecule has 18 rings (SSSR count). The van der Waals surface area contributed by atoms with Crippen molar-refractivity contribution >= 4 is 35.0 Å². The van der Waals surface area contributed by atoms with Gasteiger partial charge in [0.1, 0.15) is 20.0 Å². The van der Waals surface area contributed by atoms with E-state index in [-0.39, 0.29) is 97.4 Å². The van der Waals surface area contributed by atoms with Crippen LogP contribution in [0.5, 0.6) is 0 Å². The van der Waals surface area contributed by atoms with Crippen LogP contribution in [-0.2, 0) is 28.5 Å². The molecule has 2 saturated heterocycles. The third kappa shape index (κ3) is 24.8. The Hall–Kier alpha value is -0.564. The number of carbonyl (C=O) groups excluding carboxylic acids is 2. The number of fused-ring (bicyclic) bond motifs is 20. The molecule has 16 aliphatic carbocycles. The van der Waals surface area contributed by atoms with Crippen molar-refractivity contribution in [2.75, 3.05) is 61.2 Å². The fourth-order valence-electron chi connectivity index (χ4n) is 37.3. The van der Waals surface area contributed by atoms with Gasteiger partial charge in [-0.15, -0.1) is 0 Å². The number of alkyl halides is 4. The summed E-state index contributed by atoms with van der Waals surface area (Å²) in [6, 6.07) is 0. The number of aliphatic hydroxyl groups is 5. The average molecular weight is 1930 g/mol. The maximum atomic E-state index is 13.5. The SMILES string of the molecule is C.C.C.C.C.C1CCOC1.COC(=O)CC[C@@H](C)[C@H]1CCC2C3CC[C@@H]4C[C@@]5(CC[C@]4(C)C3CC[C@@]21C)CO5.COC(=O)CC[C@@H](C)[C@H]1CCC2C3CC[C@@H]4C[C@](O)(CF)CC[C@]4(C)C3CC[C@@]21C.C[C@H](CCC(C)(C)O)[C@H]1CCC2C3CC[C@@H]4C[C@](O)(CF)CC[C@]4(C)C3CC[C@@]21C.C[C@H](CCC(C)(C)O)[C@H]1CCC2C3CC[C@H]4C[C@@](O)(CF)CC[C@]4(C)C3CC[C@@]21C.[2H]CF.[CH3-].[Cl-].[Mg+2]. The maximum Gasteiger partial charge on any atom is 2.00 e. The minimum Gasteiger partial charge on any atom is -1.00 e. The van der Waals surface area contributed by atoms with E-state index in [1.54, 1.807) is 0 Å². The van der Waals surface area contributed by atoms with Crippen molar-refractivity contribution in [2.24, 2.45) is 185 Å². The topological polar surface area (TPSA) is 176 Å². The Morgan fingerprint density at radius 1 is 0.388 bits per heavy atom. The molecule has 0 aromatic heterocycles. The van der Waals surface area contributed by atoms with Crippen molar-refractivity contribution < 1.29 is 85.4 Å². The van der Waals surface area contributed by atoms with Gasteiger partial charge in [-0.3, -0.25) is 14.0 Å². The fraction of sp³-hybridized carbons (Fsp3) is 0.974. The summed E-state index contributed by atoms with van der Waals surface area (Å²) in [6.07, 6.45) is 52.7. The number of halogens is 5. The first-order valence-electron chi connectivity index (χ1n) is 53.9. The van der Waals surface area contributed by atoms with Gasteiger partial charge in [0.15, 0.2) is 0 Å². The largest absolute Gasteiger partial charge is 2.00 e. The van der Waals surface area contributed by atoms with Gasteiger partial charge >= 0.3 is 35.0 Å². The standard InChI is InChI=1S/2C27H47FO2.C26H43FO3.C26H42O3.C4H8O.CH3F.5CH4.CH3.ClH.Mg/c2*1-18(10-12-24(2,3)29)21-8-9-22-20-7-6-19-16-27(30,17-28)15-14-25(19,4)23(20)11-13-26(21,22)5;1-17(5-10-23(28)30-4)20-8-9-21-19-7-6-18-15-26(29,16-27)14-13-24(18,2)22(19)11-12-25(20,21)3;1-17(5-10-23(27)28-4)20-8-9-21-19-7-6-18-15-26(16-29-26)14-13-24(18,2)22(19)11-12-25(20,21)3;1-2-4-5-3-1;1-2;;;;;;;;/h2*18-23,29-30H,6-17H2,1-5H3;17-22,29H,5-16H2,1-4H3;17-22H,5-16H2,1-4H3;1-4H2;1H3;5*1H4;1H3;1H;/q;;;;;;;;;;;-1;;+2/p-1/t18-,19+,20?,21-,22?,23?,25+,26-,27-;18-,19-,20?,21-,22?,23?,25+,26-,27+;2*17-,18-,19?,20-,21?,22?,24+,25-,26+;;;;;;;;;;/m1111........../s1/i;;;;;1D;;;;;;;;. The molecule has 17 heteroatoms. The molecule has 12 unspecified atom stereocenters. The number of ether oxygens (including phenoxy) is 4. The summed E-state index contributed by atoms with van der Waals surface area (Å²) in [5, 5.41) is 52.3. The number of methoxy groups -OCH3 is 2. The number of rotatable bonds is 19. The number of hydrogen-bond acceptors (Lipinski definition) is 11. The van der Waals surface area contributed by atoms with Crippen LogP contribution in [0.1, 0.15) is 445 Å². The van der Waals surface area contributed by atoms with Crippen LogP contribution in [0.4, 0.5) is 17.6 Å². The van der Waals surface area contributed by atoms with Crippen LogP contribution in [0.3, 0.4) is 0 Å². The van der Waals surface area contributed by atoms with Crippen LogP contribution < -0.4 is 12.4 Å². The Balaban J connectivity index is 0.000000303. The second kappa shape index (κ2) is 48.4. The first-order chi connectivity index (χ1) is 59.7. The molecule has 16 saturated carbocycles. The smallest absolute Gasteiger partial charge is 1.00 e. The average Bonchev–Trinajstić information content (AvgIpc) is 1.60. The molecule has 18 aliphatic rings. The summed E-state index contributed by atoms with van der Waals surface area (Å²) >= 11 is 0. The van der Waals surface area contributed by atoms with Gasteiger partial charge in [0.2, 0.25) is 0 Å². The minimum absolute atomic E-state index is 0. The van der Waals surface area contributed by atoms with Crippen LogP contribution in [0, 0.1) is 193 Å². The van der Waals surface area contributed by atoms with E-state index in [0.717, 1.165) is 179 Å². The molecule has 2 aliphatic heterocycles. The molecule has 134 heavy (non-hydrogen) atoms. The molecular weight excluding hydrogens is 1720 g/mol. The molecule has 18 fully saturated rings. The molecule has 0 aromatic rings. The first-order valence-corrected chi connectivity index (χ1v) is 53.2. The molecule has 2 heterocycles. The van der Waals surface area contributed by atoms with Crippen LogP contribution >= 0.6 is 0 Å². The number of hydrogen-bond donors (Lipinski definition) is 5. The molecular formula is C117H213ClF4MgO11. The zero-order chi connectivity index (χ0) is 92.3. The number of esters is 2. The van der Waals surface area contributed by atoms with Gasteiger partial charge in [-0.2, -0.15) is 0 Å². The van der Waals surface area contributed by atoms with Gasteiger partial charge in [-0.05, 0) is 496 Å². The van der Waals surface area contributed by atoms with Crippen LogP contribution in [-0.4, -0.2) is 155 Å². The zero-order valence-electron chi connectivity index (χ0n) is 86.6. The minimum atomic E-state index is -1.06. The summed E-state index contributed by atoms with van der Waals surface area (Å²) in [7, 11) is 2.00. The molecule has 0 radical (unpaired) electrons. The van der Waals surface area contributed by atoms with Crippen molar-refractivity contribution in [3.05, 3.63) is 7.43 Å². The zero-order valence-corrected chi connectivity index (χ0v) is 87.8. The quantitative estimate of drug-likeness (QED) is 0.0274. The molecule has 784 valence electrons. The van der Waals surface area contributed by atoms with Gasteiger partial charge < -0.3 is 64.3 Å². The normalized spacial score (nSPS) is 45.5. The number of carbonyl (C=O) groups is 2. The van der Waals surface area contributed by atoms with E-state index in [4.69, 9.17) is 20.3 Å². The van der Waals surface area contributed by atoms with Gasteiger partial charge in [0.05, 0.1) is 63.0 Å². The van der Waals surface area contributed by atoms with Crippen molar-refractivity contribution in [3.63, 3.8) is 0 Å². The van der Waals surface area contributed by atoms with Crippen molar-refractivity contribution in [1.82, 2.24) is 0 Å². The van der Waals surface area contributed by atoms with Gasteiger partial charge in [0, 0.05) is 26.1 Å². The molecule has 0 amide bonds. The van der Waals surface area contributed by atoms with Crippen LogP contribution in [0.25, 0.3) is 0 Å². The Morgan fingerprint density at radius 2 is 0.627 bits per heavy atom. The monoisotopic (exact) mass is 1930 g/mol. The molecule has 0 aromatic carbocycles. The molecule has 11 nitrogen and oxygen atoms in total. The van der Waals surface area contributed by atoms with Crippen molar-refractivity contribution in [3.8, 4) is 0 Å². The molecule has 1 spiro atoms. The Labute approximate surface area is 845 Å². The third-order valence-corrected chi connectivity index (χ3v) is 44.9. The predicted molar refractivity (Wildman–Crippen MR) is 545 cm³/mol. The third-order valence-electron chi connectivity index (χ3n) is 44.9. The van der Waals surface area contributed by atoms with E-state index in [2.05, 4.69) is 83.1 Å². The Kier molecular flexibility index (Phi) is 44.1. The van der Waals surface area contributed by atoms with Crippen LogP contribution in [0.2, 0.25) is 0 Å². The van der Waals surface area contributed by atoms with E-state index >= 15 is 0 Å². The molecule has 36 atom stereocenters. The van der Waals surface area contributed by atoms with Gasteiger partial charge in [-0.25, -0.2) is 13.2 Å².